The predicted molar refractivity (Wildman–Crippen MR) is 74.5 cm³/mol. The van der Waals surface area contributed by atoms with Gasteiger partial charge >= 0.3 is 0 Å². The molecule has 0 atom stereocenters. The molecular formula is C14H23N3. The van der Waals surface area contributed by atoms with Gasteiger partial charge in [-0.15, -0.1) is 0 Å². The standard InChI is InChI=1S/C14H23N3/c1-11-5-4-6-13(15)14(11)17(3)12-7-9-16(2)10-8-12/h4-6,12H,7-10,15H2,1-3H3. The molecule has 0 saturated carbocycles. The van der Waals surface area contributed by atoms with E-state index in [0.29, 0.717) is 6.04 Å². The summed E-state index contributed by atoms with van der Waals surface area (Å²) in [5, 5.41) is 0. The highest BCUT2D eigenvalue weighted by Gasteiger charge is 2.22. The Bertz CT molecular complexity index is 361. The van der Waals surface area contributed by atoms with Crippen LogP contribution in [-0.2, 0) is 0 Å². The Labute approximate surface area is 104 Å². The molecule has 1 aromatic carbocycles. The highest BCUT2D eigenvalue weighted by atomic mass is 15.2. The molecule has 2 N–H and O–H groups in total. The molecule has 3 nitrogen and oxygen atoms in total. The normalized spacial score (nSPS) is 18.3. The number of nitrogen functional groups attached to an aromatic ring is 1. The van der Waals surface area contributed by atoms with Gasteiger partial charge in [-0.2, -0.15) is 0 Å². The maximum Gasteiger partial charge on any atom is 0.0629 e. The number of nitrogens with two attached hydrogens (primary N) is 1. The van der Waals surface area contributed by atoms with Crippen LogP contribution in [0.4, 0.5) is 11.4 Å². The van der Waals surface area contributed by atoms with Crippen molar-refractivity contribution >= 4 is 11.4 Å². The molecule has 1 saturated heterocycles. The Morgan fingerprint density at radius 2 is 1.94 bits per heavy atom. The molecule has 1 aromatic rings. The molecule has 0 aromatic heterocycles. The molecular weight excluding hydrogens is 210 g/mol. The summed E-state index contributed by atoms with van der Waals surface area (Å²) in [6, 6.07) is 6.77. The molecule has 1 heterocycles. The van der Waals surface area contributed by atoms with Gasteiger partial charge in [-0.3, -0.25) is 0 Å². The molecule has 3 heteroatoms. The van der Waals surface area contributed by atoms with E-state index in [0.717, 1.165) is 5.69 Å². The fourth-order valence-corrected chi connectivity index (χ4v) is 2.73. The maximum atomic E-state index is 6.10. The number of para-hydroxylation sites is 1. The van der Waals surface area contributed by atoms with Crippen molar-refractivity contribution in [3.05, 3.63) is 23.8 Å². The third-order valence-electron chi connectivity index (χ3n) is 3.86. The van der Waals surface area contributed by atoms with E-state index in [4.69, 9.17) is 5.73 Å². The molecule has 0 spiro atoms. The van der Waals surface area contributed by atoms with E-state index in [1.807, 2.05) is 12.1 Å². The Balaban J connectivity index is 2.16. The van der Waals surface area contributed by atoms with Gasteiger partial charge in [0.2, 0.25) is 0 Å². The van der Waals surface area contributed by atoms with Crippen molar-refractivity contribution in [2.45, 2.75) is 25.8 Å². The van der Waals surface area contributed by atoms with Crippen molar-refractivity contribution in [1.29, 1.82) is 0 Å². The van der Waals surface area contributed by atoms with Gasteiger partial charge in [0.15, 0.2) is 0 Å². The first-order valence-corrected chi connectivity index (χ1v) is 6.36. The Kier molecular flexibility index (Phi) is 3.57. The van der Waals surface area contributed by atoms with Crippen LogP contribution in [0.25, 0.3) is 0 Å². The lowest BCUT2D eigenvalue weighted by atomic mass is 10.0. The third-order valence-corrected chi connectivity index (χ3v) is 3.86. The van der Waals surface area contributed by atoms with Crippen LogP contribution in [0.1, 0.15) is 18.4 Å². The lowest BCUT2D eigenvalue weighted by Crippen LogP contribution is -2.42. The molecule has 0 aliphatic carbocycles. The number of likely N-dealkylation sites (tertiary alicyclic amines) is 1. The topological polar surface area (TPSA) is 32.5 Å². The lowest BCUT2D eigenvalue weighted by molar-refractivity contribution is 0.253. The summed E-state index contributed by atoms with van der Waals surface area (Å²) in [6.45, 7) is 4.50. The Morgan fingerprint density at radius 1 is 1.29 bits per heavy atom. The second-order valence-corrected chi connectivity index (χ2v) is 5.16. The monoisotopic (exact) mass is 233 g/mol. The molecule has 2 rings (SSSR count). The Hall–Kier alpha value is -1.22. The number of hydrogen-bond donors (Lipinski definition) is 1. The second kappa shape index (κ2) is 4.96. The van der Waals surface area contributed by atoms with Crippen LogP contribution in [0, 0.1) is 6.92 Å². The minimum absolute atomic E-state index is 0.620. The number of aryl methyl sites for hydroxylation is 1. The van der Waals surface area contributed by atoms with Gasteiger partial charge in [0.25, 0.3) is 0 Å². The van der Waals surface area contributed by atoms with E-state index in [1.54, 1.807) is 0 Å². The molecule has 1 aliphatic heterocycles. The summed E-state index contributed by atoms with van der Waals surface area (Å²) in [7, 11) is 4.37. The lowest BCUT2D eigenvalue weighted by Gasteiger charge is -2.37. The van der Waals surface area contributed by atoms with Gasteiger partial charge in [0.05, 0.1) is 11.4 Å². The van der Waals surface area contributed by atoms with Crippen LogP contribution in [0.5, 0.6) is 0 Å². The van der Waals surface area contributed by atoms with Crippen molar-refractivity contribution in [1.82, 2.24) is 4.90 Å². The van der Waals surface area contributed by atoms with Gasteiger partial charge in [-0.1, -0.05) is 12.1 Å². The van der Waals surface area contributed by atoms with Crippen LogP contribution >= 0.6 is 0 Å². The zero-order valence-corrected chi connectivity index (χ0v) is 11.1. The van der Waals surface area contributed by atoms with Crippen molar-refractivity contribution in [2.75, 3.05) is 37.8 Å². The molecule has 94 valence electrons. The van der Waals surface area contributed by atoms with E-state index in [-0.39, 0.29) is 0 Å². The van der Waals surface area contributed by atoms with Crippen LogP contribution in [-0.4, -0.2) is 38.1 Å². The van der Waals surface area contributed by atoms with E-state index >= 15 is 0 Å². The van der Waals surface area contributed by atoms with Crippen LogP contribution in [0.3, 0.4) is 0 Å². The molecule has 1 aliphatic rings. The van der Waals surface area contributed by atoms with Gasteiger partial charge < -0.3 is 15.5 Å². The number of anilines is 2. The summed E-state index contributed by atoms with van der Waals surface area (Å²) in [6.07, 6.45) is 2.45. The van der Waals surface area contributed by atoms with Crippen molar-refractivity contribution in [3.8, 4) is 0 Å². The largest absolute Gasteiger partial charge is 0.397 e. The van der Waals surface area contributed by atoms with Crippen LogP contribution < -0.4 is 10.6 Å². The molecule has 0 unspecified atom stereocenters. The first-order valence-electron chi connectivity index (χ1n) is 6.36. The smallest absolute Gasteiger partial charge is 0.0629 e. The fraction of sp³-hybridized carbons (Fsp3) is 0.571. The van der Waals surface area contributed by atoms with Crippen molar-refractivity contribution < 1.29 is 0 Å². The number of benzene rings is 1. The number of piperidine rings is 1. The van der Waals surface area contributed by atoms with Gasteiger partial charge in [0, 0.05) is 13.1 Å². The van der Waals surface area contributed by atoms with Crippen LogP contribution in [0.15, 0.2) is 18.2 Å². The molecule has 0 bridgehead atoms. The van der Waals surface area contributed by atoms with Crippen LogP contribution in [0.2, 0.25) is 0 Å². The quantitative estimate of drug-likeness (QED) is 0.794. The number of rotatable bonds is 2. The van der Waals surface area contributed by atoms with E-state index < -0.39 is 0 Å². The number of nitrogens with zero attached hydrogens (tertiary/aromatic N) is 2. The number of hydrogen-bond acceptors (Lipinski definition) is 3. The summed E-state index contributed by atoms with van der Waals surface area (Å²) in [5.41, 5.74) is 9.48. The molecule has 1 fully saturated rings. The zero-order valence-electron chi connectivity index (χ0n) is 11.1. The highest BCUT2D eigenvalue weighted by molar-refractivity contribution is 5.71. The predicted octanol–water partition coefficient (Wildman–Crippen LogP) is 2.11. The van der Waals surface area contributed by atoms with Gasteiger partial charge in [-0.05, 0) is 51.5 Å². The van der Waals surface area contributed by atoms with E-state index in [9.17, 15) is 0 Å². The SMILES string of the molecule is Cc1cccc(N)c1N(C)C1CCN(C)CC1. The molecule has 0 radical (unpaired) electrons. The fourth-order valence-electron chi connectivity index (χ4n) is 2.73. The first kappa shape index (κ1) is 12.2. The van der Waals surface area contributed by atoms with Gasteiger partial charge in [-0.25, -0.2) is 0 Å². The minimum atomic E-state index is 0.620. The third kappa shape index (κ3) is 2.55. The van der Waals surface area contributed by atoms with Crippen molar-refractivity contribution in [3.63, 3.8) is 0 Å². The van der Waals surface area contributed by atoms with Crippen molar-refractivity contribution in [2.24, 2.45) is 0 Å². The average molecular weight is 233 g/mol. The average Bonchev–Trinajstić information content (AvgIpc) is 2.29. The zero-order chi connectivity index (χ0) is 12.4. The molecule has 17 heavy (non-hydrogen) atoms. The molecule has 0 amide bonds. The summed E-state index contributed by atoms with van der Waals surface area (Å²) in [5.74, 6) is 0. The maximum absolute atomic E-state index is 6.10. The summed E-state index contributed by atoms with van der Waals surface area (Å²) < 4.78 is 0. The highest BCUT2D eigenvalue weighted by Crippen LogP contribution is 2.30. The minimum Gasteiger partial charge on any atom is -0.397 e. The first-order chi connectivity index (χ1) is 8.09. The Morgan fingerprint density at radius 3 is 2.53 bits per heavy atom. The second-order valence-electron chi connectivity index (χ2n) is 5.16. The summed E-state index contributed by atoms with van der Waals surface area (Å²) in [4.78, 5) is 4.77. The van der Waals surface area contributed by atoms with E-state index in [1.165, 1.54) is 37.2 Å². The van der Waals surface area contributed by atoms with Gasteiger partial charge in [0.1, 0.15) is 0 Å². The van der Waals surface area contributed by atoms with E-state index in [2.05, 4.69) is 36.9 Å². The summed E-state index contributed by atoms with van der Waals surface area (Å²) >= 11 is 0.